The van der Waals surface area contributed by atoms with Crippen molar-refractivity contribution in [1.29, 1.82) is 0 Å². The van der Waals surface area contributed by atoms with E-state index in [9.17, 15) is 8.42 Å². The number of aromatic nitrogens is 1. The monoisotopic (exact) mass is 217 g/mol. The predicted octanol–water partition coefficient (Wildman–Crippen LogP) is -1.90. The zero-order chi connectivity index (χ0) is 8.48. The van der Waals surface area contributed by atoms with Crippen molar-refractivity contribution in [3.8, 4) is 0 Å². The molecule has 1 aromatic rings. The van der Waals surface area contributed by atoms with Gasteiger partial charge in [-0.2, -0.15) is 8.42 Å². The molecule has 62 valence electrons. The Labute approximate surface area is 98.5 Å². The molecule has 12 heavy (non-hydrogen) atoms. The van der Waals surface area contributed by atoms with E-state index in [0.717, 1.165) is 6.20 Å². The summed E-state index contributed by atoms with van der Waals surface area (Å²) in [6.07, 6.45) is 0.984. The Bertz CT molecular complexity index is 355. The average Bonchev–Trinajstić information content (AvgIpc) is 1.86. The van der Waals surface area contributed by atoms with Gasteiger partial charge < -0.3 is 1.43 Å². The number of halogens is 1. The maximum absolute atomic E-state index is 10.4. The molecule has 7 heteroatoms. The molecule has 0 amide bonds. The molecule has 4 nitrogen and oxygen atoms in total. The van der Waals surface area contributed by atoms with Crippen LogP contribution in [0.25, 0.3) is 0 Å². The first-order valence-electron chi connectivity index (χ1n) is 2.59. The molecule has 1 rings (SSSR count). The Morgan fingerprint density at radius 1 is 1.50 bits per heavy atom. The quantitative estimate of drug-likeness (QED) is 0.339. The minimum atomic E-state index is -4.14. The Morgan fingerprint density at radius 2 is 2.08 bits per heavy atom. The van der Waals surface area contributed by atoms with Gasteiger partial charge in [-0.1, -0.05) is 11.6 Å². The van der Waals surface area contributed by atoms with Gasteiger partial charge in [0.1, 0.15) is 10.0 Å². The topological polar surface area (TPSA) is 67.3 Å². The molecule has 0 aliphatic heterocycles. The molecule has 1 N–H and O–H groups in total. The van der Waals surface area contributed by atoms with Gasteiger partial charge in [0, 0.05) is 6.20 Å². The summed E-state index contributed by atoms with van der Waals surface area (Å²) in [6.45, 7) is 0. The van der Waals surface area contributed by atoms with E-state index in [2.05, 4.69) is 4.98 Å². The van der Waals surface area contributed by atoms with Crippen LogP contribution >= 0.6 is 11.6 Å². The fraction of sp³-hybridized carbons (Fsp3) is 0. The molecule has 1 aromatic heterocycles. The fourth-order valence-corrected chi connectivity index (χ4v) is 1.05. The second-order valence-electron chi connectivity index (χ2n) is 1.79. The van der Waals surface area contributed by atoms with E-state index in [4.69, 9.17) is 16.2 Å². The third-order valence-corrected chi connectivity index (χ3v) is 2.06. The first-order valence-corrected chi connectivity index (χ1v) is 4.41. The summed E-state index contributed by atoms with van der Waals surface area (Å²) >= 11 is 5.37. The van der Waals surface area contributed by atoms with Gasteiger partial charge in [-0.05, 0) is 12.1 Å². The summed E-state index contributed by atoms with van der Waals surface area (Å²) in [5.41, 5.74) is 0. The second-order valence-corrected chi connectivity index (χ2v) is 3.60. The van der Waals surface area contributed by atoms with Crippen LogP contribution in [0.1, 0.15) is 1.43 Å². The van der Waals surface area contributed by atoms with Gasteiger partial charge in [-0.25, -0.2) is 4.98 Å². The van der Waals surface area contributed by atoms with Crippen molar-refractivity contribution in [1.82, 2.24) is 4.98 Å². The van der Waals surface area contributed by atoms with Crippen molar-refractivity contribution >= 4 is 21.7 Å². The third kappa shape index (κ3) is 3.38. The van der Waals surface area contributed by atoms with Crippen LogP contribution in [0.2, 0.25) is 5.15 Å². The Hall–Kier alpha value is 0.350. The predicted molar refractivity (Wildman–Crippen MR) is 40.2 cm³/mol. The van der Waals surface area contributed by atoms with Crippen LogP contribution in [0.3, 0.4) is 0 Å². The van der Waals surface area contributed by atoms with Gasteiger partial charge in [0.2, 0.25) is 0 Å². The van der Waals surface area contributed by atoms with E-state index in [-0.39, 0.29) is 41.0 Å². The number of nitrogens with zero attached hydrogens (tertiary/aromatic N) is 1. The van der Waals surface area contributed by atoms with Crippen molar-refractivity contribution in [2.45, 2.75) is 4.90 Å². The van der Waals surface area contributed by atoms with Crippen LogP contribution in [0.15, 0.2) is 23.2 Å². The van der Waals surface area contributed by atoms with Crippen molar-refractivity contribution in [2.75, 3.05) is 0 Å². The molecule has 0 fully saturated rings. The summed E-state index contributed by atoms with van der Waals surface area (Å²) in [4.78, 5) is 3.21. The maximum Gasteiger partial charge on any atom is 1.00 e. The molecule has 0 unspecified atom stereocenters. The molecule has 0 aromatic carbocycles. The van der Waals surface area contributed by atoms with E-state index in [1.165, 1.54) is 12.1 Å². The molecule has 0 saturated heterocycles. The summed E-state index contributed by atoms with van der Waals surface area (Å²) in [6, 6.07) is 2.45. The number of hydrogen-bond donors (Lipinski definition) is 1. The molecular formula is C5H5ClNNaO3S. The van der Waals surface area contributed by atoms with Crippen molar-refractivity contribution in [3.05, 3.63) is 23.5 Å². The van der Waals surface area contributed by atoms with Gasteiger partial charge in [0.05, 0.1) is 0 Å². The zero-order valence-corrected chi connectivity index (χ0v) is 9.80. The SMILES string of the molecule is O=S(=O)(O)c1ccc(Cl)nc1.[H-].[Na+]. The molecule has 0 radical (unpaired) electrons. The Kier molecular flexibility index (Phi) is 4.68. The van der Waals surface area contributed by atoms with E-state index >= 15 is 0 Å². The molecule has 0 atom stereocenters. The van der Waals surface area contributed by atoms with Gasteiger partial charge >= 0.3 is 29.6 Å². The number of pyridine rings is 1. The molecule has 0 saturated carbocycles. The summed E-state index contributed by atoms with van der Waals surface area (Å²) in [5, 5.41) is 0.178. The van der Waals surface area contributed by atoms with Crippen LogP contribution in [-0.2, 0) is 10.1 Å². The van der Waals surface area contributed by atoms with Crippen molar-refractivity contribution in [2.24, 2.45) is 0 Å². The van der Waals surface area contributed by atoms with Gasteiger partial charge in [-0.3, -0.25) is 4.55 Å². The van der Waals surface area contributed by atoms with Crippen molar-refractivity contribution < 1.29 is 44.0 Å². The Morgan fingerprint density at radius 3 is 2.42 bits per heavy atom. The van der Waals surface area contributed by atoms with Crippen LogP contribution < -0.4 is 29.6 Å². The second kappa shape index (κ2) is 4.55. The van der Waals surface area contributed by atoms with Crippen LogP contribution in [0, 0.1) is 0 Å². The van der Waals surface area contributed by atoms with E-state index in [1.807, 2.05) is 0 Å². The van der Waals surface area contributed by atoms with Crippen LogP contribution in [0.4, 0.5) is 0 Å². The third-order valence-electron chi connectivity index (χ3n) is 0.998. The van der Waals surface area contributed by atoms with Gasteiger partial charge in [-0.15, -0.1) is 0 Å². The standard InChI is InChI=1S/C5H4ClNO3S.Na.H/c6-5-2-1-4(3-7-5)11(8,9)10;;/h1-3H,(H,8,9,10);;/q;+1;-1. The fourth-order valence-electron chi connectivity index (χ4n) is 0.515. The smallest absolute Gasteiger partial charge is 1.00 e. The Balaban J connectivity index is 0. The van der Waals surface area contributed by atoms with E-state index in [1.54, 1.807) is 0 Å². The normalized spacial score (nSPS) is 10.5. The molecule has 0 aliphatic rings. The first-order chi connectivity index (χ1) is 5.00. The average molecular weight is 218 g/mol. The minimum Gasteiger partial charge on any atom is -1.00 e. The van der Waals surface area contributed by atoms with Crippen LogP contribution in [-0.4, -0.2) is 18.0 Å². The zero-order valence-electron chi connectivity index (χ0n) is 7.23. The van der Waals surface area contributed by atoms with Gasteiger partial charge in [0.15, 0.2) is 0 Å². The number of hydrogen-bond acceptors (Lipinski definition) is 3. The summed E-state index contributed by atoms with van der Waals surface area (Å²) < 4.78 is 29.3. The molecule has 0 spiro atoms. The number of rotatable bonds is 1. The van der Waals surface area contributed by atoms with Crippen molar-refractivity contribution in [3.63, 3.8) is 0 Å². The van der Waals surface area contributed by atoms with E-state index in [0.29, 0.717) is 0 Å². The van der Waals surface area contributed by atoms with Gasteiger partial charge in [0.25, 0.3) is 10.1 Å². The molecule has 0 bridgehead atoms. The molecule has 0 aliphatic carbocycles. The van der Waals surface area contributed by atoms with Crippen LogP contribution in [0.5, 0.6) is 0 Å². The minimum absolute atomic E-state index is 0. The molecular weight excluding hydrogens is 213 g/mol. The first kappa shape index (κ1) is 12.3. The summed E-state index contributed by atoms with van der Waals surface area (Å²) in [5.74, 6) is 0. The molecule has 1 heterocycles. The maximum atomic E-state index is 10.4. The summed E-state index contributed by atoms with van der Waals surface area (Å²) in [7, 11) is -4.14. The largest absolute Gasteiger partial charge is 1.00 e. The van der Waals surface area contributed by atoms with E-state index < -0.39 is 10.1 Å².